The van der Waals surface area contributed by atoms with E-state index >= 15 is 4.39 Å². The van der Waals surface area contributed by atoms with Crippen LogP contribution in [0.25, 0.3) is 5.57 Å². The van der Waals surface area contributed by atoms with Crippen molar-refractivity contribution in [2.75, 3.05) is 50.0 Å². The molecule has 0 spiro atoms. The van der Waals surface area contributed by atoms with Gasteiger partial charge in [0.15, 0.2) is 0 Å². The smallest absolute Gasteiger partial charge is 0.410 e. The van der Waals surface area contributed by atoms with E-state index in [2.05, 4.69) is 15.2 Å². The van der Waals surface area contributed by atoms with Crippen molar-refractivity contribution in [1.82, 2.24) is 14.8 Å². The van der Waals surface area contributed by atoms with Crippen LogP contribution in [0.5, 0.6) is 0 Å². The summed E-state index contributed by atoms with van der Waals surface area (Å²) in [4.78, 5) is 44.8. The Balaban J connectivity index is 1.42. The minimum absolute atomic E-state index is 0.0608. The number of benzene rings is 1. The molecule has 2 aromatic rings. The van der Waals surface area contributed by atoms with Gasteiger partial charge < -0.3 is 29.7 Å². The summed E-state index contributed by atoms with van der Waals surface area (Å²) >= 11 is 0. The van der Waals surface area contributed by atoms with Crippen LogP contribution in [0.3, 0.4) is 0 Å². The SMILES string of the molecule is CC1CN(c2cc(F)c(C3=CCN(C(=O)OC4CC(F)(F)C4)C3)cc2NC(=O)c2c[nH]c(=O)cc2C(F)F)CCN1C. The Morgan fingerprint density at radius 2 is 1.90 bits per heavy atom. The molecule has 3 heterocycles. The fraction of sp³-hybridized carbons (Fsp3) is 0.464. The van der Waals surface area contributed by atoms with Gasteiger partial charge >= 0.3 is 6.09 Å². The predicted molar refractivity (Wildman–Crippen MR) is 145 cm³/mol. The van der Waals surface area contributed by atoms with Crippen LogP contribution in [0.15, 0.2) is 35.3 Å². The predicted octanol–water partition coefficient (Wildman–Crippen LogP) is 4.48. The van der Waals surface area contributed by atoms with Crippen molar-refractivity contribution in [3.63, 3.8) is 0 Å². The van der Waals surface area contributed by atoms with Crippen molar-refractivity contribution in [3.05, 3.63) is 63.3 Å². The van der Waals surface area contributed by atoms with Crippen LogP contribution < -0.4 is 15.8 Å². The molecule has 1 aromatic heterocycles. The highest BCUT2D eigenvalue weighted by atomic mass is 19.3. The summed E-state index contributed by atoms with van der Waals surface area (Å²) in [6.07, 6.45) is -3.35. The highest BCUT2D eigenvalue weighted by Crippen LogP contribution is 2.40. The van der Waals surface area contributed by atoms with E-state index in [0.717, 1.165) is 6.20 Å². The highest BCUT2D eigenvalue weighted by Gasteiger charge is 2.48. The number of hydrogen-bond acceptors (Lipinski definition) is 6. The fourth-order valence-corrected chi connectivity index (χ4v) is 5.29. The molecule has 5 rings (SSSR count). The summed E-state index contributed by atoms with van der Waals surface area (Å²) in [7, 11) is 1.95. The maximum atomic E-state index is 15.6. The molecular weight excluding hydrogens is 565 g/mol. The van der Waals surface area contributed by atoms with Crippen LogP contribution in [0.4, 0.5) is 38.1 Å². The summed E-state index contributed by atoms with van der Waals surface area (Å²) in [6.45, 7) is 3.65. The van der Waals surface area contributed by atoms with Gasteiger partial charge in [0.1, 0.15) is 11.9 Å². The van der Waals surface area contributed by atoms with Crippen LogP contribution in [0.2, 0.25) is 0 Å². The molecule has 1 aromatic carbocycles. The largest absolute Gasteiger partial charge is 0.446 e. The van der Waals surface area contributed by atoms with Gasteiger partial charge in [-0.15, -0.1) is 0 Å². The van der Waals surface area contributed by atoms with Crippen LogP contribution in [-0.2, 0) is 4.74 Å². The van der Waals surface area contributed by atoms with Gasteiger partial charge in [-0.1, -0.05) is 6.08 Å². The first kappa shape index (κ1) is 29.5. The fourth-order valence-electron chi connectivity index (χ4n) is 5.29. The van der Waals surface area contributed by atoms with Crippen molar-refractivity contribution in [3.8, 4) is 0 Å². The molecule has 2 amide bonds. The van der Waals surface area contributed by atoms with Crippen molar-refractivity contribution in [2.24, 2.45) is 0 Å². The quantitative estimate of drug-likeness (QED) is 0.479. The Morgan fingerprint density at radius 1 is 1.17 bits per heavy atom. The van der Waals surface area contributed by atoms with Gasteiger partial charge in [-0.25, -0.2) is 26.7 Å². The topological polar surface area (TPSA) is 98.0 Å². The van der Waals surface area contributed by atoms with Crippen LogP contribution >= 0.6 is 0 Å². The highest BCUT2D eigenvalue weighted by molar-refractivity contribution is 6.07. The van der Waals surface area contributed by atoms with Gasteiger partial charge in [-0.05, 0) is 31.7 Å². The molecule has 1 aliphatic carbocycles. The summed E-state index contributed by atoms with van der Waals surface area (Å²) in [5, 5.41) is 2.62. The Hall–Kier alpha value is -3.94. The second kappa shape index (κ2) is 11.4. The van der Waals surface area contributed by atoms with Crippen LogP contribution in [-0.4, -0.2) is 84.6 Å². The van der Waals surface area contributed by atoms with Gasteiger partial charge in [0.05, 0.1) is 16.9 Å². The molecule has 14 heteroatoms. The molecule has 1 saturated heterocycles. The summed E-state index contributed by atoms with van der Waals surface area (Å²) in [5.41, 5.74) is -1.02. The lowest BCUT2D eigenvalue weighted by Crippen LogP contribution is -2.50. The van der Waals surface area contributed by atoms with Crippen molar-refractivity contribution in [1.29, 1.82) is 0 Å². The Kier molecular flexibility index (Phi) is 8.01. The zero-order chi connectivity index (χ0) is 30.3. The lowest BCUT2D eigenvalue weighted by Gasteiger charge is -2.39. The number of hydrogen-bond donors (Lipinski definition) is 2. The molecule has 0 radical (unpaired) electrons. The molecular formula is C28H30F5N5O4. The lowest BCUT2D eigenvalue weighted by atomic mass is 9.91. The number of carbonyl (C=O) groups excluding carboxylic acids is 2. The molecule has 2 aliphatic heterocycles. The molecule has 1 atom stereocenters. The Bertz CT molecular complexity index is 1470. The lowest BCUT2D eigenvalue weighted by molar-refractivity contribution is -0.147. The van der Waals surface area contributed by atoms with E-state index in [-0.39, 0.29) is 30.4 Å². The standard InChI is InChI=1S/C28H30F5N5O4/c1-15-13-37(6-5-36(15)2)23-9-21(29)18(16-3-4-38(14-16)27(41)42-17-10-28(32,33)11-17)7-22(23)35-26(40)20-12-34-24(39)8-19(20)25(30)31/h3,7-9,12,15,17,25H,4-6,10-11,13-14H2,1-2H3,(H,34,39)(H,35,40). The number of piperazine rings is 1. The number of pyridine rings is 1. The third kappa shape index (κ3) is 6.13. The minimum Gasteiger partial charge on any atom is -0.446 e. The van der Waals surface area contributed by atoms with Gasteiger partial charge in [0, 0.05) is 75.0 Å². The molecule has 0 bridgehead atoms. The number of ether oxygens (including phenoxy) is 1. The maximum Gasteiger partial charge on any atom is 0.410 e. The van der Waals surface area contributed by atoms with Crippen LogP contribution in [0.1, 0.15) is 47.7 Å². The number of likely N-dealkylation sites (N-methyl/N-ethyl adjacent to an activating group) is 1. The van der Waals surface area contributed by atoms with Gasteiger partial charge in [-0.3, -0.25) is 9.59 Å². The Labute approximate surface area is 237 Å². The first-order valence-corrected chi connectivity index (χ1v) is 13.4. The number of anilines is 2. The average Bonchev–Trinajstić information content (AvgIpc) is 3.40. The molecule has 2 N–H and O–H groups in total. The first-order valence-electron chi connectivity index (χ1n) is 13.4. The molecule has 1 saturated carbocycles. The molecule has 9 nitrogen and oxygen atoms in total. The van der Waals surface area contributed by atoms with E-state index in [1.165, 1.54) is 17.0 Å². The normalized spacial score (nSPS) is 20.9. The Morgan fingerprint density at radius 3 is 2.57 bits per heavy atom. The number of nitrogens with one attached hydrogen (secondary N) is 2. The first-order chi connectivity index (χ1) is 19.8. The number of alkyl halides is 4. The van der Waals surface area contributed by atoms with Crippen molar-refractivity contribution in [2.45, 2.75) is 44.3 Å². The molecule has 2 fully saturated rings. The zero-order valence-electron chi connectivity index (χ0n) is 22.9. The second-order valence-corrected chi connectivity index (χ2v) is 10.9. The minimum atomic E-state index is -3.09. The van der Waals surface area contributed by atoms with E-state index in [9.17, 15) is 31.9 Å². The molecule has 42 heavy (non-hydrogen) atoms. The third-order valence-corrected chi connectivity index (χ3v) is 7.91. The van der Waals surface area contributed by atoms with Gasteiger partial charge in [-0.2, -0.15) is 0 Å². The van der Waals surface area contributed by atoms with Crippen LogP contribution in [0, 0.1) is 5.82 Å². The summed E-state index contributed by atoms with van der Waals surface area (Å²) in [5.74, 6) is -4.41. The summed E-state index contributed by atoms with van der Waals surface area (Å²) < 4.78 is 74.3. The number of carbonyl (C=O) groups is 2. The van der Waals surface area contributed by atoms with Crippen molar-refractivity contribution >= 4 is 28.9 Å². The van der Waals surface area contributed by atoms with Crippen molar-refractivity contribution < 1.29 is 36.3 Å². The number of aromatic nitrogens is 1. The van der Waals surface area contributed by atoms with E-state index in [1.54, 1.807) is 6.08 Å². The monoisotopic (exact) mass is 595 g/mol. The van der Waals surface area contributed by atoms with E-state index in [0.29, 0.717) is 37.0 Å². The number of nitrogens with zero attached hydrogens (tertiary/aromatic N) is 3. The summed E-state index contributed by atoms with van der Waals surface area (Å²) in [6, 6.07) is 3.39. The van der Waals surface area contributed by atoms with Gasteiger partial charge in [0.25, 0.3) is 18.3 Å². The molecule has 226 valence electrons. The van der Waals surface area contributed by atoms with E-state index in [4.69, 9.17) is 4.74 Å². The van der Waals surface area contributed by atoms with Gasteiger partial charge in [0.2, 0.25) is 5.56 Å². The number of aromatic amines is 1. The number of H-pyrrole nitrogens is 1. The van der Waals surface area contributed by atoms with E-state index < -0.39 is 65.8 Å². The maximum absolute atomic E-state index is 15.6. The van der Waals surface area contributed by atoms with E-state index in [1.807, 2.05) is 18.9 Å². The number of halogens is 5. The number of amides is 2. The molecule has 3 aliphatic rings. The average molecular weight is 596 g/mol. The number of rotatable bonds is 6. The zero-order valence-corrected chi connectivity index (χ0v) is 22.9. The molecule has 1 unspecified atom stereocenters. The third-order valence-electron chi connectivity index (χ3n) is 7.91. The second-order valence-electron chi connectivity index (χ2n) is 10.9.